The molecule has 1 atom stereocenters. The monoisotopic (exact) mass is 259 g/mol. The minimum absolute atomic E-state index is 0.0731. The van der Waals surface area contributed by atoms with Crippen molar-refractivity contribution in [3.8, 4) is 0 Å². The molecule has 14 heavy (non-hydrogen) atoms. The Bertz CT molecular complexity index is 331. The van der Waals surface area contributed by atoms with Gasteiger partial charge in [-0.1, -0.05) is 36.7 Å². The smallest absolute Gasteiger partial charge is 0.123 e. The van der Waals surface area contributed by atoms with Gasteiger partial charge in [0.1, 0.15) is 5.82 Å². The van der Waals surface area contributed by atoms with Crippen molar-refractivity contribution < 1.29 is 4.39 Å². The lowest BCUT2D eigenvalue weighted by Crippen LogP contribution is -2.26. The zero-order valence-corrected chi connectivity index (χ0v) is 10.2. The van der Waals surface area contributed by atoms with Crippen molar-refractivity contribution in [3.05, 3.63) is 34.1 Å². The van der Waals surface area contributed by atoms with E-state index in [2.05, 4.69) is 15.9 Å². The highest BCUT2D eigenvalue weighted by Crippen LogP contribution is 2.34. The van der Waals surface area contributed by atoms with E-state index < -0.39 is 0 Å². The van der Waals surface area contributed by atoms with Crippen molar-refractivity contribution in [1.29, 1.82) is 0 Å². The molecule has 1 rings (SSSR count). The first kappa shape index (κ1) is 11.7. The Hall–Kier alpha value is -0.410. The Morgan fingerprint density at radius 3 is 2.43 bits per heavy atom. The fourth-order valence-corrected chi connectivity index (χ4v) is 1.71. The third kappa shape index (κ3) is 2.55. The van der Waals surface area contributed by atoms with Crippen molar-refractivity contribution >= 4 is 15.9 Å². The maximum absolute atomic E-state index is 13.0. The zero-order valence-electron chi connectivity index (χ0n) is 8.64. The number of hydrogen-bond donors (Lipinski definition) is 1. The summed E-state index contributed by atoms with van der Waals surface area (Å²) in [6.45, 7) is 6.11. The summed E-state index contributed by atoms with van der Waals surface area (Å²) in [4.78, 5) is 0. The molecule has 0 bridgehead atoms. The van der Waals surface area contributed by atoms with Crippen LogP contribution >= 0.6 is 15.9 Å². The Balaban J connectivity index is 3.12. The van der Waals surface area contributed by atoms with Gasteiger partial charge >= 0.3 is 0 Å². The summed E-state index contributed by atoms with van der Waals surface area (Å²) in [5.74, 6) is -0.247. The normalized spacial score (nSPS) is 14.1. The molecule has 0 radical (unpaired) electrons. The molecule has 0 aromatic heterocycles. The molecule has 0 spiro atoms. The maximum Gasteiger partial charge on any atom is 0.123 e. The molecule has 3 heteroatoms. The Labute approximate surface area is 92.6 Å². The van der Waals surface area contributed by atoms with Gasteiger partial charge in [-0.3, -0.25) is 0 Å². The van der Waals surface area contributed by atoms with Crippen LogP contribution in [0.2, 0.25) is 0 Å². The van der Waals surface area contributed by atoms with Crippen LogP contribution < -0.4 is 5.73 Å². The lowest BCUT2D eigenvalue weighted by atomic mass is 9.83. The molecule has 1 aromatic rings. The van der Waals surface area contributed by atoms with E-state index in [1.165, 1.54) is 12.1 Å². The molecular formula is C11H15BrFN. The highest BCUT2D eigenvalue weighted by Gasteiger charge is 2.24. The molecule has 1 unspecified atom stereocenters. The lowest BCUT2D eigenvalue weighted by molar-refractivity contribution is 0.325. The maximum atomic E-state index is 13.0. The first-order valence-electron chi connectivity index (χ1n) is 4.53. The minimum Gasteiger partial charge on any atom is -0.323 e. The fourth-order valence-electron chi connectivity index (χ4n) is 1.22. The van der Waals surface area contributed by atoms with Crippen molar-refractivity contribution in [2.24, 2.45) is 11.1 Å². The van der Waals surface area contributed by atoms with Crippen LogP contribution in [0.25, 0.3) is 0 Å². The van der Waals surface area contributed by atoms with Gasteiger partial charge < -0.3 is 5.73 Å². The standard InChI is InChI=1S/C11H15BrFN/c1-11(2,3)10(14)8-6-7(13)4-5-9(8)12/h4-6,10H,14H2,1-3H3. The number of rotatable bonds is 1. The molecule has 0 saturated carbocycles. The topological polar surface area (TPSA) is 26.0 Å². The number of nitrogens with two attached hydrogens (primary N) is 1. The van der Waals surface area contributed by atoms with Crippen molar-refractivity contribution in [2.75, 3.05) is 0 Å². The Kier molecular flexibility index (Phi) is 3.32. The van der Waals surface area contributed by atoms with E-state index in [1.807, 2.05) is 20.8 Å². The van der Waals surface area contributed by atoms with Gasteiger partial charge in [0.15, 0.2) is 0 Å². The SMILES string of the molecule is CC(C)(C)C(N)c1cc(F)ccc1Br. The van der Waals surface area contributed by atoms with Crippen molar-refractivity contribution in [2.45, 2.75) is 26.8 Å². The quantitative estimate of drug-likeness (QED) is 0.819. The third-order valence-electron chi connectivity index (χ3n) is 2.23. The van der Waals surface area contributed by atoms with Crippen LogP contribution in [0.3, 0.4) is 0 Å². The van der Waals surface area contributed by atoms with Crippen LogP contribution in [0, 0.1) is 11.2 Å². The molecule has 2 N–H and O–H groups in total. The van der Waals surface area contributed by atoms with Crippen LogP contribution in [0.15, 0.2) is 22.7 Å². The first-order chi connectivity index (χ1) is 6.32. The van der Waals surface area contributed by atoms with Gasteiger partial charge in [0.05, 0.1) is 0 Å². The van der Waals surface area contributed by atoms with E-state index in [-0.39, 0.29) is 17.3 Å². The second-order valence-electron chi connectivity index (χ2n) is 4.51. The van der Waals surface area contributed by atoms with Crippen LogP contribution in [-0.2, 0) is 0 Å². The van der Waals surface area contributed by atoms with E-state index in [0.717, 1.165) is 10.0 Å². The van der Waals surface area contributed by atoms with Crippen molar-refractivity contribution in [1.82, 2.24) is 0 Å². The average molecular weight is 260 g/mol. The van der Waals surface area contributed by atoms with Gasteiger partial charge in [0.2, 0.25) is 0 Å². The summed E-state index contributed by atoms with van der Waals surface area (Å²) in [6.07, 6.45) is 0. The van der Waals surface area contributed by atoms with Gasteiger partial charge in [-0.15, -0.1) is 0 Å². The summed E-state index contributed by atoms with van der Waals surface area (Å²) in [5.41, 5.74) is 6.79. The molecular weight excluding hydrogens is 245 g/mol. The highest BCUT2D eigenvalue weighted by molar-refractivity contribution is 9.10. The first-order valence-corrected chi connectivity index (χ1v) is 5.32. The predicted octanol–water partition coefficient (Wildman–Crippen LogP) is 3.63. The Morgan fingerprint density at radius 2 is 1.93 bits per heavy atom. The van der Waals surface area contributed by atoms with Crippen LogP contribution in [-0.4, -0.2) is 0 Å². The van der Waals surface area contributed by atoms with Gasteiger partial charge in [-0.05, 0) is 29.2 Å². The highest BCUT2D eigenvalue weighted by atomic mass is 79.9. The van der Waals surface area contributed by atoms with E-state index >= 15 is 0 Å². The van der Waals surface area contributed by atoms with E-state index in [1.54, 1.807) is 6.07 Å². The molecule has 0 amide bonds. The van der Waals surface area contributed by atoms with Crippen LogP contribution in [0.1, 0.15) is 32.4 Å². The molecule has 1 aromatic carbocycles. The summed E-state index contributed by atoms with van der Waals surface area (Å²) < 4.78 is 13.9. The van der Waals surface area contributed by atoms with E-state index in [4.69, 9.17) is 5.73 Å². The van der Waals surface area contributed by atoms with Crippen LogP contribution in [0.4, 0.5) is 4.39 Å². The largest absolute Gasteiger partial charge is 0.323 e. The average Bonchev–Trinajstić information content (AvgIpc) is 2.06. The number of hydrogen-bond acceptors (Lipinski definition) is 1. The second kappa shape index (κ2) is 3.99. The molecule has 0 aliphatic heterocycles. The minimum atomic E-state index is -0.247. The zero-order chi connectivity index (χ0) is 10.9. The fraction of sp³-hybridized carbons (Fsp3) is 0.455. The van der Waals surface area contributed by atoms with Crippen LogP contribution in [0.5, 0.6) is 0 Å². The third-order valence-corrected chi connectivity index (χ3v) is 2.95. The van der Waals surface area contributed by atoms with Gasteiger partial charge in [-0.25, -0.2) is 4.39 Å². The van der Waals surface area contributed by atoms with Gasteiger partial charge in [0, 0.05) is 10.5 Å². The van der Waals surface area contributed by atoms with Gasteiger partial charge in [-0.2, -0.15) is 0 Å². The van der Waals surface area contributed by atoms with E-state index in [0.29, 0.717) is 0 Å². The molecule has 78 valence electrons. The molecule has 0 saturated heterocycles. The summed E-state index contributed by atoms with van der Waals surface area (Å²) in [7, 11) is 0. The van der Waals surface area contributed by atoms with Gasteiger partial charge in [0.25, 0.3) is 0 Å². The molecule has 0 aliphatic rings. The summed E-state index contributed by atoms with van der Waals surface area (Å²) in [6, 6.07) is 4.42. The van der Waals surface area contributed by atoms with E-state index in [9.17, 15) is 4.39 Å². The summed E-state index contributed by atoms with van der Waals surface area (Å²) >= 11 is 3.38. The molecule has 0 aliphatic carbocycles. The molecule has 0 fully saturated rings. The number of halogens is 2. The molecule has 0 heterocycles. The van der Waals surface area contributed by atoms with Crippen molar-refractivity contribution in [3.63, 3.8) is 0 Å². The second-order valence-corrected chi connectivity index (χ2v) is 5.36. The summed E-state index contributed by atoms with van der Waals surface area (Å²) in [5, 5.41) is 0. The molecule has 1 nitrogen and oxygen atoms in total. The lowest BCUT2D eigenvalue weighted by Gasteiger charge is -2.28. The Morgan fingerprint density at radius 1 is 1.36 bits per heavy atom. The predicted molar refractivity (Wildman–Crippen MR) is 60.5 cm³/mol. The number of benzene rings is 1.